The van der Waals surface area contributed by atoms with Crippen molar-refractivity contribution in [3.63, 3.8) is 0 Å². The van der Waals surface area contributed by atoms with E-state index < -0.39 is 0 Å². The fraction of sp³-hybridized carbons (Fsp3) is 0.533. The van der Waals surface area contributed by atoms with Gasteiger partial charge in [-0.15, -0.1) is 0 Å². The van der Waals surface area contributed by atoms with Gasteiger partial charge in [-0.25, -0.2) is 0 Å². The summed E-state index contributed by atoms with van der Waals surface area (Å²) in [6.07, 6.45) is 1.59. The minimum atomic E-state index is 0.274. The lowest BCUT2D eigenvalue weighted by atomic mass is 10.0. The molecule has 0 spiro atoms. The minimum Gasteiger partial charge on any atom is -0.341 e. The summed E-state index contributed by atoms with van der Waals surface area (Å²) in [4.78, 5) is 13.9. The van der Waals surface area contributed by atoms with Crippen LogP contribution < -0.4 is 0 Å². The Balaban J connectivity index is 1.88. The SMILES string of the molecule is CC(C)c1ccc(CCN2CC(Br)CC2=O)cc1. The van der Waals surface area contributed by atoms with Crippen molar-refractivity contribution in [3.8, 4) is 0 Å². The number of benzene rings is 1. The lowest BCUT2D eigenvalue weighted by molar-refractivity contribution is -0.127. The first-order chi connectivity index (χ1) is 8.56. The van der Waals surface area contributed by atoms with E-state index in [0.717, 1.165) is 19.5 Å². The van der Waals surface area contributed by atoms with Crippen LogP contribution in [-0.2, 0) is 11.2 Å². The largest absolute Gasteiger partial charge is 0.341 e. The van der Waals surface area contributed by atoms with Crippen LogP contribution in [0.3, 0.4) is 0 Å². The fourth-order valence-electron chi connectivity index (χ4n) is 2.27. The first-order valence-corrected chi connectivity index (χ1v) is 7.48. The molecule has 0 aliphatic carbocycles. The van der Waals surface area contributed by atoms with Crippen molar-refractivity contribution in [1.82, 2.24) is 4.90 Å². The second-order valence-corrected chi connectivity index (χ2v) is 6.58. The van der Waals surface area contributed by atoms with E-state index in [9.17, 15) is 4.79 Å². The highest BCUT2D eigenvalue weighted by Crippen LogP contribution is 2.19. The Morgan fingerprint density at radius 1 is 1.33 bits per heavy atom. The van der Waals surface area contributed by atoms with Gasteiger partial charge in [0.2, 0.25) is 5.91 Å². The zero-order chi connectivity index (χ0) is 13.1. The number of alkyl halides is 1. The molecule has 1 aromatic carbocycles. The van der Waals surface area contributed by atoms with Gasteiger partial charge in [0.1, 0.15) is 0 Å². The Labute approximate surface area is 117 Å². The summed E-state index contributed by atoms with van der Waals surface area (Å²) < 4.78 is 0. The predicted octanol–water partition coefficient (Wildman–Crippen LogP) is 3.35. The second-order valence-electron chi connectivity index (χ2n) is 5.29. The van der Waals surface area contributed by atoms with Crippen LogP contribution in [0, 0.1) is 0 Å². The monoisotopic (exact) mass is 309 g/mol. The van der Waals surface area contributed by atoms with E-state index in [1.165, 1.54) is 11.1 Å². The van der Waals surface area contributed by atoms with Crippen molar-refractivity contribution in [1.29, 1.82) is 0 Å². The van der Waals surface area contributed by atoms with Crippen molar-refractivity contribution >= 4 is 21.8 Å². The van der Waals surface area contributed by atoms with Crippen LogP contribution in [0.1, 0.15) is 37.3 Å². The van der Waals surface area contributed by atoms with Gasteiger partial charge in [-0.3, -0.25) is 4.79 Å². The third-order valence-electron chi connectivity index (χ3n) is 3.48. The van der Waals surface area contributed by atoms with Gasteiger partial charge in [0, 0.05) is 24.3 Å². The average Bonchev–Trinajstić information content (AvgIpc) is 2.66. The van der Waals surface area contributed by atoms with E-state index in [1.54, 1.807) is 0 Å². The molecule has 18 heavy (non-hydrogen) atoms. The van der Waals surface area contributed by atoms with Gasteiger partial charge in [0.15, 0.2) is 0 Å². The number of halogens is 1. The van der Waals surface area contributed by atoms with E-state index in [4.69, 9.17) is 0 Å². The van der Waals surface area contributed by atoms with Gasteiger partial charge >= 0.3 is 0 Å². The molecule has 1 saturated heterocycles. The van der Waals surface area contributed by atoms with Crippen LogP contribution in [-0.4, -0.2) is 28.7 Å². The molecule has 2 rings (SSSR count). The van der Waals surface area contributed by atoms with Crippen LogP contribution >= 0.6 is 15.9 Å². The maximum absolute atomic E-state index is 11.6. The average molecular weight is 310 g/mol. The summed E-state index contributed by atoms with van der Waals surface area (Å²) >= 11 is 3.51. The van der Waals surface area contributed by atoms with Crippen molar-refractivity contribution < 1.29 is 4.79 Å². The fourth-order valence-corrected chi connectivity index (χ4v) is 2.90. The van der Waals surface area contributed by atoms with E-state index in [-0.39, 0.29) is 5.91 Å². The number of hydrogen-bond donors (Lipinski definition) is 0. The zero-order valence-electron chi connectivity index (χ0n) is 11.0. The van der Waals surface area contributed by atoms with Gasteiger partial charge in [0.25, 0.3) is 0 Å². The molecule has 1 unspecified atom stereocenters. The molecular weight excluding hydrogens is 290 g/mol. The van der Waals surface area contributed by atoms with Gasteiger partial charge in [-0.2, -0.15) is 0 Å². The predicted molar refractivity (Wildman–Crippen MR) is 78.1 cm³/mol. The molecule has 1 atom stereocenters. The maximum atomic E-state index is 11.6. The van der Waals surface area contributed by atoms with Crippen LogP contribution in [0.2, 0.25) is 0 Å². The van der Waals surface area contributed by atoms with Gasteiger partial charge < -0.3 is 4.90 Å². The maximum Gasteiger partial charge on any atom is 0.223 e. The van der Waals surface area contributed by atoms with Crippen LogP contribution in [0.15, 0.2) is 24.3 Å². The van der Waals surface area contributed by atoms with Gasteiger partial charge in [-0.1, -0.05) is 54.0 Å². The third-order valence-corrected chi connectivity index (χ3v) is 4.10. The number of carbonyl (C=O) groups excluding carboxylic acids is 1. The molecular formula is C15H20BrNO. The summed E-state index contributed by atoms with van der Waals surface area (Å²) in [6, 6.07) is 8.75. The van der Waals surface area contributed by atoms with E-state index in [1.807, 2.05) is 4.90 Å². The Hall–Kier alpha value is -0.830. The Kier molecular flexibility index (Phi) is 4.44. The summed E-state index contributed by atoms with van der Waals surface area (Å²) in [5.74, 6) is 0.851. The highest BCUT2D eigenvalue weighted by Gasteiger charge is 2.26. The minimum absolute atomic E-state index is 0.274. The number of rotatable bonds is 4. The highest BCUT2D eigenvalue weighted by molar-refractivity contribution is 9.09. The Morgan fingerprint density at radius 3 is 2.50 bits per heavy atom. The molecule has 0 bridgehead atoms. The molecule has 0 saturated carbocycles. The number of hydrogen-bond acceptors (Lipinski definition) is 1. The molecule has 1 amide bonds. The lowest BCUT2D eigenvalue weighted by Crippen LogP contribution is -2.27. The molecule has 2 nitrogen and oxygen atoms in total. The Bertz CT molecular complexity index is 413. The van der Waals surface area contributed by atoms with Crippen molar-refractivity contribution in [3.05, 3.63) is 35.4 Å². The normalized spacial score (nSPS) is 19.9. The molecule has 1 aromatic rings. The molecule has 0 radical (unpaired) electrons. The van der Waals surface area contributed by atoms with Gasteiger partial charge in [-0.05, 0) is 23.5 Å². The summed E-state index contributed by atoms with van der Waals surface area (Å²) in [5.41, 5.74) is 2.68. The molecule has 1 aliphatic heterocycles. The van der Waals surface area contributed by atoms with Crippen LogP contribution in [0.4, 0.5) is 0 Å². The van der Waals surface area contributed by atoms with Crippen molar-refractivity contribution in [2.75, 3.05) is 13.1 Å². The zero-order valence-corrected chi connectivity index (χ0v) is 12.6. The smallest absolute Gasteiger partial charge is 0.223 e. The van der Waals surface area contributed by atoms with E-state index >= 15 is 0 Å². The molecule has 0 aromatic heterocycles. The standard InChI is InChI=1S/C15H20BrNO/c1-11(2)13-5-3-12(4-6-13)7-8-17-10-14(16)9-15(17)18/h3-6,11,14H,7-10H2,1-2H3. The second kappa shape index (κ2) is 5.87. The number of carbonyl (C=O) groups is 1. The summed E-state index contributed by atoms with van der Waals surface area (Å²) in [7, 11) is 0. The number of likely N-dealkylation sites (tertiary alicyclic amines) is 1. The molecule has 1 heterocycles. The van der Waals surface area contributed by atoms with Gasteiger partial charge in [0.05, 0.1) is 0 Å². The quantitative estimate of drug-likeness (QED) is 0.781. The molecule has 98 valence electrons. The summed E-state index contributed by atoms with van der Waals surface area (Å²) in [5, 5.41) is 0. The van der Waals surface area contributed by atoms with Crippen LogP contribution in [0.25, 0.3) is 0 Å². The van der Waals surface area contributed by atoms with Crippen molar-refractivity contribution in [2.45, 2.75) is 37.4 Å². The topological polar surface area (TPSA) is 20.3 Å². The molecule has 1 aliphatic rings. The Morgan fingerprint density at radius 2 is 2.00 bits per heavy atom. The van der Waals surface area contributed by atoms with Crippen LogP contribution in [0.5, 0.6) is 0 Å². The molecule has 3 heteroatoms. The van der Waals surface area contributed by atoms with E-state index in [0.29, 0.717) is 17.2 Å². The number of amides is 1. The molecule has 1 fully saturated rings. The summed E-state index contributed by atoms with van der Waals surface area (Å²) in [6.45, 7) is 6.09. The molecule has 0 N–H and O–H groups in total. The first kappa shape index (κ1) is 13.6. The number of nitrogens with zero attached hydrogens (tertiary/aromatic N) is 1. The first-order valence-electron chi connectivity index (χ1n) is 6.57. The van der Waals surface area contributed by atoms with E-state index in [2.05, 4.69) is 54.0 Å². The van der Waals surface area contributed by atoms with Crippen molar-refractivity contribution in [2.24, 2.45) is 0 Å². The lowest BCUT2D eigenvalue weighted by Gasteiger charge is -2.15. The highest BCUT2D eigenvalue weighted by atomic mass is 79.9. The third kappa shape index (κ3) is 3.35.